The molecule has 0 spiro atoms. The summed E-state index contributed by atoms with van der Waals surface area (Å²) < 4.78 is 26.1. The van der Waals surface area contributed by atoms with Crippen LogP contribution in [0.25, 0.3) is 16.2 Å². The summed E-state index contributed by atoms with van der Waals surface area (Å²) in [4.78, 5) is 22.1. The van der Waals surface area contributed by atoms with Crippen molar-refractivity contribution in [3.8, 4) is 0 Å². The van der Waals surface area contributed by atoms with Gasteiger partial charge in [0.15, 0.2) is 6.16 Å². The minimum absolute atomic E-state index is 0.213. The van der Waals surface area contributed by atoms with Crippen molar-refractivity contribution in [2.45, 2.75) is 5.92 Å². The van der Waals surface area contributed by atoms with E-state index in [9.17, 15) is 18.6 Å². The number of rotatable bonds is 6. The van der Waals surface area contributed by atoms with Crippen molar-refractivity contribution in [1.82, 2.24) is 5.32 Å². The van der Waals surface area contributed by atoms with Gasteiger partial charge in [0.1, 0.15) is 11.7 Å². The number of carbonyl (C=O) groups is 1. The van der Waals surface area contributed by atoms with Crippen molar-refractivity contribution in [3.05, 3.63) is 75.0 Å². The molecule has 0 aliphatic heterocycles. The molecule has 2 aromatic carbocycles. The molecule has 9 heteroatoms. The first kappa shape index (κ1) is 20.9. The molecular weight excluding hydrogens is 443 g/mol. The summed E-state index contributed by atoms with van der Waals surface area (Å²) in [6.07, 6.45) is 2.42. The molecule has 1 heterocycles. The molecule has 0 saturated carbocycles. The molecule has 1 aromatic heterocycles. The Hall–Kier alpha value is -1.82. The van der Waals surface area contributed by atoms with Gasteiger partial charge in [-0.15, -0.1) is 11.3 Å². The number of benzene rings is 2. The second-order valence-electron chi connectivity index (χ2n) is 5.93. The Kier molecular flexibility index (Phi) is 6.81. The molecule has 0 aliphatic carbocycles. The lowest BCUT2D eigenvalue weighted by molar-refractivity contribution is -0.121. The van der Waals surface area contributed by atoms with Crippen LogP contribution >= 0.6 is 42.6 Å². The highest BCUT2D eigenvalue weighted by Gasteiger charge is 2.31. The second-order valence-corrected chi connectivity index (χ2v) is 8.78. The zero-order valence-electron chi connectivity index (χ0n) is 14.2. The lowest BCUT2D eigenvalue weighted by Crippen LogP contribution is -2.26. The zero-order valence-corrected chi connectivity index (χ0v) is 17.5. The van der Waals surface area contributed by atoms with Gasteiger partial charge in [-0.3, -0.25) is 4.79 Å². The van der Waals surface area contributed by atoms with Crippen LogP contribution in [0, 0.1) is 5.82 Å². The maximum Gasteiger partial charge on any atom is 0.506 e. The maximum atomic E-state index is 13.8. The highest BCUT2D eigenvalue weighted by atomic mass is 35.5. The first-order chi connectivity index (χ1) is 13.3. The van der Waals surface area contributed by atoms with Crippen molar-refractivity contribution in [2.75, 3.05) is 6.16 Å². The highest BCUT2D eigenvalue weighted by Crippen LogP contribution is 2.36. The molecule has 1 amide bonds. The number of carbonyl (C=O) groups excluding carboxylic acids is 1. The smallest absolute Gasteiger partial charge is 0.332 e. The van der Waals surface area contributed by atoms with Crippen molar-refractivity contribution in [3.63, 3.8) is 0 Å². The molecule has 3 rings (SSSR count). The van der Waals surface area contributed by atoms with E-state index in [1.165, 1.54) is 41.8 Å². The van der Waals surface area contributed by atoms with Gasteiger partial charge >= 0.3 is 8.03 Å². The zero-order chi connectivity index (χ0) is 20.3. The van der Waals surface area contributed by atoms with Crippen LogP contribution in [0.3, 0.4) is 0 Å². The maximum absolute atomic E-state index is 13.8. The molecule has 4 nitrogen and oxygen atoms in total. The Bertz CT molecular complexity index is 1090. The summed E-state index contributed by atoms with van der Waals surface area (Å²) in [6.45, 7) is 0. The molecule has 2 N–H and O–H groups in total. The van der Waals surface area contributed by atoms with Crippen molar-refractivity contribution in [2.24, 2.45) is 0 Å². The second kappa shape index (κ2) is 9.12. The fraction of sp³-hybridized carbons (Fsp3) is 0.105. The Morgan fingerprint density at radius 2 is 1.96 bits per heavy atom. The van der Waals surface area contributed by atoms with Crippen LogP contribution in [0.4, 0.5) is 4.39 Å². The number of hydrogen-bond acceptors (Lipinski definition) is 3. The fourth-order valence-electron chi connectivity index (χ4n) is 2.73. The third kappa shape index (κ3) is 4.96. The molecule has 2 atom stereocenters. The summed E-state index contributed by atoms with van der Waals surface area (Å²) in [6, 6.07) is 9.38. The van der Waals surface area contributed by atoms with E-state index < -0.39 is 25.7 Å². The highest BCUT2D eigenvalue weighted by molar-refractivity contribution is 7.38. The van der Waals surface area contributed by atoms with E-state index in [1.54, 1.807) is 17.5 Å². The molecule has 28 heavy (non-hydrogen) atoms. The number of thiophene rings is 1. The monoisotopic (exact) mass is 456 g/mol. The van der Waals surface area contributed by atoms with Crippen molar-refractivity contribution in [1.29, 1.82) is 0 Å². The summed E-state index contributed by atoms with van der Waals surface area (Å²) in [5.41, 5.74) is 0.838. The molecule has 0 aliphatic rings. The van der Waals surface area contributed by atoms with E-state index in [0.29, 0.717) is 15.6 Å². The van der Waals surface area contributed by atoms with Gasteiger partial charge in [-0.25, -0.2) is 4.39 Å². The Morgan fingerprint density at radius 1 is 1.25 bits per heavy atom. The van der Waals surface area contributed by atoms with Crippen molar-refractivity contribution < 1.29 is 18.6 Å². The van der Waals surface area contributed by atoms with Gasteiger partial charge in [0.2, 0.25) is 5.91 Å². The molecular formula is C19H14Cl2FNO3PS+. The van der Waals surface area contributed by atoms with Gasteiger partial charge in [-0.1, -0.05) is 23.2 Å². The first-order valence-electron chi connectivity index (χ1n) is 8.07. The average Bonchev–Trinajstić information content (AvgIpc) is 3.05. The minimum Gasteiger partial charge on any atom is -0.332 e. The number of halogens is 3. The lowest BCUT2D eigenvalue weighted by atomic mass is 9.99. The van der Waals surface area contributed by atoms with Crippen LogP contribution in [0.1, 0.15) is 17.0 Å². The van der Waals surface area contributed by atoms with Crippen molar-refractivity contribution >= 4 is 64.6 Å². The van der Waals surface area contributed by atoms with Crippen LogP contribution in [0.5, 0.6) is 0 Å². The van der Waals surface area contributed by atoms with Gasteiger partial charge in [-0.2, -0.15) is 4.89 Å². The van der Waals surface area contributed by atoms with Crippen LogP contribution in [-0.2, 0) is 9.36 Å². The van der Waals surface area contributed by atoms with Crippen LogP contribution in [0.15, 0.2) is 48.0 Å². The Balaban J connectivity index is 1.86. The normalized spacial score (nSPS) is 13.1. The number of fused-ring (bicyclic) bond motifs is 1. The van der Waals surface area contributed by atoms with E-state index in [-0.39, 0.29) is 11.7 Å². The third-order valence-electron chi connectivity index (χ3n) is 4.04. The molecule has 0 fully saturated rings. The molecule has 3 aromatic rings. The SMILES string of the molecule is O=C(N/C=C/c1cc(Cl)ccc1F)C(C[P+](=O)O)c1csc2ccc(Cl)cc12. The summed E-state index contributed by atoms with van der Waals surface area (Å²) >= 11 is 13.3. The van der Waals surface area contributed by atoms with E-state index in [4.69, 9.17) is 23.2 Å². The number of hydrogen-bond donors (Lipinski definition) is 2. The molecule has 0 radical (unpaired) electrons. The van der Waals surface area contributed by atoms with E-state index >= 15 is 0 Å². The number of nitrogens with one attached hydrogen (secondary N) is 1. The third-order valence-corrected chi connectivity index (χ3v) is 6.17. The van der Waals surface area contributed by atoms with E-state index in [1.807, 2.05) is 6.07 Å². The van der Waals surface area contributed by atoms with Crippen LogP contribution in [0.2, 0.25) is 10.0 Å². The lowest BCUT2D eigenvalue weighted by Gasteiger charge is -2.10. The van der Waals surface area contributed by atoms with Gasteiger partial charge in [-0.05, 0) is 63.4 Å². The van der Waals surface area contributed by atoms with Gasteiger partial charge < -0.3 is 5.32 Å². The molecule has 2 unspecified atom stereocenters. The quantitative estimate of drug-likeness (QED) is 0.450. The average molecular weight is 457 g/mol. The summed E-state index contributed by atoms with van der Waals surface area (Å²) in [7, 11) is -2.55. The largest absolute Gasteiger partial charge is 0.506 e. The minimum atomic E-state index is -2.55. The molecule has 0 bridgehead atoms. The Labute approximate surface area is 175 Å². The van der Waals surface area contributed by atoms with Crippen LogP contribution < -0.4 is 5.32 Å². The Morgan fingerprint density at radius 3 is 2.71 bits per heavy atom. The first-order valence-corrected chi connectivity index (χ1v) is 11.1. The van der Waals surface area contributed by atoms with E-state index in [2.05, 4.69) is 5.32 Å². The van der Waals surface area contributed by atoms with Gasteiger partial charge in [0.25, 0.3) is 0 Å². The van der Waals surface area contributed by atoms with Gasteiger partial charge in [0, 0.05) is 26.5 Å². The van der Waals surface area contributed by atoms with E-state index in [0.717, 1.165) is 10.1 Å². The molecule has 144 valence electrons. The standard InChI is InChI=1S/C19H13Cl2FNO3PS/c20-12-1-3-17(22)11(7-12)5-6-23-19(24)15(9-27(25)26)16-10-28-18-4-2-13(21)8-14(16)18/h1-8,10,15H,9H2,(H-,23,24,25,26)/p+1/b6-5+. The summed E-state index contributed by atoms with van der Waals surface area (Å²) in [5.74, 6) is -1.81. The predicted molar refractivity (Wildman–Crippen MR) is 113 cm³/mol. The summed E-state index contributed by atoms with van der Waals surface area (Å²) in [5, 5.41) is 5.97. The molecule has 0 saturated heterocycles. The fourth-order valence-corrected chi connectivity index (χ4v) is 4.75. The van der Waals surface area contributed by atoms with Crippen LogP contribution in [-0.4, -0.2) is 17.0 Å². The predicted octanol–water partition coefficient (Wildman–Crippen LogP) is 5.95. The van der Waals surface area contributed by atoms with Gasteiger partial charge in [0.05, 0.1) is 0 Å². The number of amides is 1. The topological polar surface area (TPSA) is 66.4 Å².